The summed E-state index contributed by atoms with van der Waals surface area (Å²) in [5, 5.41) is 9.99. The zero-order valence-electron chi connectivity index (χ0n) is 11.2. The Morgan fingerprint density at radius 2 is 1.65 bits per heavy atom. The molecule has 0 spiro atoms. The molecule has 0 aromatic heterocycles. The van der Waals surface area contributed by atoms with Gasteiger partial charge in [-0.3, -0.25) is 4.90 Å². The topological polar surface area (TPSA) is 60.9 Å². The number of hydrogen-bond donors (Lipinski definition) is 1. The first kappa shape index (κ1) is 14.9. The van der Waals surface area contributed by atoms with E-state index in [1.807, 2.05) is 20.8 Å². The van der Waals surface area contributed by atoms with E-state index in [9.17, 15) is 13.5 Å². The van der Waals surface area contributed by atoms with Crippen molar-refractivity contribution in [2.24, 2.45) is 5.41 Å². The monoisotopic (exact) mass is 264 g/mol. The van der Waals surface area contributed by atoms with Crippen molar-refractivity contribution in [3.8, 4) is 0 Å². The van der Waals surface area contributed by atoms with Crippen molar-refractivity contribution in [1.29, 1.82) is 0 Å². The lowest BCUT2D eigenvalue weighted by Gasteiger charge is -2.37. The fourth-order valence-corrected chi connectivity index (χ4v) is 2.59. The molecule has 0 bridgehead atoms. The van der Waals surface area contributed by atoms with E-state index in [1.54, 1.807) is 0 Å². The molecular weight excluding hydrogens is 240 g/mol. The van der Waals surface area contributed by atoms with Crippen LogP contribution >= 0.6 is 0 Å². The van der Waals surface area contributed by atoms with Crippen LogP contribution in [0, 0.1) is 5.41 Å². The lowest BCUT2D eigenvalue weighted by atomic mass is 9.89. The predicted molar refractivity (Wildman–Crippen MR) is 68.3 cm³/mol. The number of aliphatic hydroxyl groups excluding tert-OH is 1. The molecule has 1 fully saturated rings. The summed E-state index contributed by atoms with van der Waals surface area (Å²) < 4.78 is 24.2. The number of aliphatic hydroxyl groups is 1. The van der Waals surface area contributed by atoms with Crippen LogP contribution in [0.3, 0.4) is 0 Å². The number of β-amino-alcohol motifs (C(OH)–C–C–N with tert-alkyl or cyclic N) is 1. The van der Waals surface area contributed by atoms with Gasteiger partial charge in [0.1, 0.15) is 0 Å². The van der Waals surface area contributed by atoms with E-state index < -0.39 is 10.0 Å². The van der Waals surface area contributed by atoms with Gasteiger partial charge in [0.25, 0.3) is 0 Å². The number of piperazine rings is 1. The number of rotatable bonds is 3. The highest BCUT2D eigenvalue weighted by molar-refractivity contribution is 7.88. The third-order valence-electron chi connectivity index (χ3n) is 3.23. The maximum atomic E-state index is 11.3. The van der Waals surface area contributed by atoms with Gasteiger partial charge in [0.15, 0.2) is 0 Å². The average molecular weight is 264 g/mol. The maximum Gasteiger partial charge on any atom is 0.211 e. The first-order valence-corrected chi connectivity index (χ1v) is 7.81. The van der Waals surface area contributed by atoms with Crippen molar-refractivity contribution in [1.82, 2.24) is 9.21 Å². The molecule has 102 valence electrons. The first-order valence-electron chi connectivity index (χ1n) is 5.96. The molecule has 1 unspecified atom stereocenters. The number of hydrogen-bond acceptors (Lipinski definition) is 4. The molecule has 0 aromatic rings. The molecule has 1 aliphatic heterocycles. The second-order valence-electron chi connectivity index (χ2n) is 5.84. The van der Waals surface area contributed by atoms with E-state index in [4.69, 9.17) is 0 Å². The van der Waals surface area contributed by atoms with E-state index in [0.29, 0.717) is 32.7 Å². The minimum absolute atomic E-state index is 0.131. The van der Waals surface area contributed by atoms with Crippen molar-refractivity contribution in [3.63, 3.8) is 0 Å². The molecule has 5 nitrogen and oxygen atoms in total. The van der Waals surface area contributed by atoms with Crippen LogP contribution in [-0.2, 0) is 10.0 Å². The summed E-state index contributed by atoms with van der Waals surface area (Å²) >= 11 is 0. The Kier molecular flexibility index (Phi) is 4.57. The predicted octanol–water partition coefficient (Wildman–Crippen LogP) is -0.0294. The molecule has 1 N–H and O–H groups in total. The average Bonchev–Trinajstić information content (AvgIpc) is 2.15. The van der Waals surface area contributed by atoms with Crippen molar-refractivity contribution in [2.75, 3.05) is 39.0 Å². The van der Waals surface area contributed by atoms with Gasteiger partial charge in [-0.2, -0.15) is 4.31 Å². The number of sulfonamides is 1. The molecule has 6 heteroatoms. The fourth-order valence-electron chi connectivity index (χ4n) is 1.76. The van der Waals surface area contributed by atoms with Crippen LogP contribution in [-0.4, -0.2) is 67.8 Å². The Balaban J connectivity index is 2.43. The quantitative estimate of drug-likeness (QED) is 0.778. The van der Waals surface area contributed by atoms with Crippen molar-refractivity contribution in [2.45, 2.75) is 26.9 Å². The van der Waals surface area contributed by atoms with E-state index in [-0.39, 0.29) is 11.5 Å². The van der Waals surface area contributed by atoms with Gasteiger partial charge in [0, 0.05) is 32.7 Å². The van der Waals surface area contributed by atoms with Gasteiger partial charge < -0.3 is 5.11 Å². The van der Waals surface area contributed by atoms with Gasteiger partial charge in [0.05, 0.1) is 12.4 Å². The Morgan fingerprint density at radius 3 is 2.00 bits per heavy atom. The molecule has 1 rings (SSSR count). The van der Waals surface area contributed by atoms with E-state index in [2.05, 4.69) is 4.90 Å². The Bertz CT molecular complexity index is 340. The van der Waals surface area contributed by atoms with Gasteiger partial charge in [-0.25, -0.2) is 8.42 Å². The third-order valence-corrected chi connectivity index (χ3v) is 4.53. The second-order valence-corrected chi connectivity index (χ2v) is 7.83. The first-order chi connectivity index (χ1) is 7.60. The fraction of sp³-hybridized carbons (Fsp3) is 1.00. The summed E-state index contributed by atoms with van der Waals surface area (Å²) in [4.78, 5) is 2.12. The van der Waals surface area contributed by atoms with Gasteiger partial charge in [-0.05, 0) is 5.41 Å². The van der Waals surface area contributed by atoms with E-state index in [0.717, 1.165) is 0 Å². The molecular formula is C11H24N2O3S. The number of nitrogens with zero attached hydrogens (tertiary/aromatic N) is 2. The highest BCUT2D eigenvalue weighted by Gasteiger charge is 2.28. The zero-order valence-corrected chi connectivity index (χ0v) is 12.0. The Hall–Kier alpha value is -0.170. The highest BCUT2D eigenvalue weighted by Crippen LogP contribution is 2.20. The summed E-state index contributed by atoms with van der Waals surface area (Å²) in [6.07, 6.45) is 0.861. The molecule has 1 heterocycles. The Morgan fingerprint density at radius 1 is 1.18 bits per heavy atom. The lowest BCUT2D eigenvalue weighted by Crippen LogP contribution is -2.51. The Labute approximate surface area is 104 Å². The van der Waals surface area contributed by atoms with Crippen LogP contribution in [0.1, 0.15) is 20.8 Å². The third kappa shape index (κ3) is 4.54. The summed E-state index contributed by atoms with van der Waals surface area (Å²) in [5.41, 5.74) is -0.131. The minimum Gasteiger partial charge on any atom is -0.391 e. The second kappa shape index (κ2) is 5.22. The standard InChI is InChI=1S/C11H24N2O3S/c1-11(2,3)10(14)9-12-5-7-13(8-6-12)17(4,15)16/h10,14H,5-9H2,1-4H3. The van der Waals surface area contributed by atoms with E-state index >= 15 is 0 Å². The SMILES string of the molecule is CC(C)(C)C(O)CN1CCN(S(C)(=O)=O)CC1. The maximum absolute atomic E-state index is 11.3. The van der Waals surface area contributed by atoms with Gasteiger partial charge in [0.2, 0.25) is 10.0 Å². The summed E-state index contributed by atoms with van der Waals surface area (Å²) in [7, 11) is -3.06. The van der Waals surface area contributed by atoms with Crippen LogP contribution in [0.15, 0.2) is 0 Å². The van der Waals surface area contributed by atoms with Crippen LogP contribution in [0.5, 0.6) is 0 Å². The lowest BCUT2D eigenvalue weighted by molar-refractivity contribution is 0.0204. The van der Waals surface area contributed by atoms with Gasteiger partial charge in [-0.1, -0.05) is 20.8 Å². The van der Waals surface area contributed by atoms with Crippen LogP contribution in [0.25, 0.3) is 0 Å². The molecule has 0 aromatic carbocycles. The smallest absolute Gasteiger partial charge is 0.211 e. The van der Waals surface area contributed by atoms with Gasteiger partial charge in [-0.15, -0.1) is 0 Å². The molecule has 0 amide bonds. The van der Waals surface area contributed by atoms with Crippen LogP contribution in [0.4, 0.5) is 0 Å². The van der Waals surface area contributed by atoms with Crippen molar-refractivity contribution >= 4 is 10.0 Å². The highest BCUT2D eigenvalue weighted by atomic mass is 32.2. The molecule has 0 saturated carbocycles. The molecule has 1 saturated heterocycles. The normalized spacial score (nSPS) is 22.6. The molecule has 1 aliphatic rings. The molecule has 0 radical (unpaired) electrons. The molecule has 1 atom stereocenters. The summed E-state index contributed by atoms with van der Waals surface area (Å²) in [5.74, 6) is 0. The zero-order chi connectivity index (χ0) is 13.3. The van der Waals surface area contributed by atoms with Crippen molar-refractivity contribution < 1.29 is 13.5 Å². The van der Waals surface area contributed by atoms with Crippen LogP contribution < -0.4 is 0 Å². The largest absolute Gasteiger partial charge is 0.391 e. The van der Waals surface area contributed by atoms with Crippen molar-refractivity contribution in [3.05, 3.63) is 0 Å². The summed E-state index contributed by atoms with van der Waals surface area (Å²) in [6.45, 7) is 9.06. The summed E-state index contributed by atoms with van der Waals surface area (Å²) in [6, 6.07) is 0. The van der Waals surface area contributed by atoms with Crippen LogP contribution in [0.2, 0.25) is 0 Å². The molecule has 17 heavy (non-hydrogen) atoms. The van der Waals surface area contributed by atoms with Gasteiger partial charge >= 0.3 is 0 Å². The minimum atomic E-state index is -3.06. The van der Waals surface area contributed by atoms with E-state index in [1.165, 1.54) is 10.6 Å². The molecule has 0 aliphatic carbocycles.